The van der Waals surface area contributed by atoms with Crippen molar-refractivity contribution in [2.75, 3.05) is 0 Å². The summed E-state index contributed by atoms with van der Waals surface area (Å²) >= 11 is 9.99. The van der Waals surface area contributed by atoms with Crippen molar-refractivity contribution < 1.29 is 0 Å². The highest BCUT2D eigenvalue weighted by Crippen LogP contribution is 2.33. The van der Waals surface area contributed by atoms with E-state index in [2.05, 4.69) is 53.2 Å². The zero-order valence-electron chi connectivity index (χ0n) is 10.3. The summed E-state index contributed by atoms with van der Waals surface area (Å²) < 4.78 is 0. The molecule has 0 spiro atoms. The van der Waals surface area contributed by atoms with Gasteiger partial charge in [0.15, 0.2) is 0 Å². The van der Waals surface area contributed by atoms with E-state index in [1.165, 1.54) is 11.1 Å². The Bertz CT molecular complexity index is 495. The zero-order valence-corrected chi connectivity index (χ0v) is 12.7. The summed E-state index contributed by atoms with van der Waals surface area (Å²) in [6.07, 6.45) is 0.977. The molecule has 2 unspecified atom stereocenters. The fourth-order valence-corrected chi connectivity index (χ4v) is 2.78. The predicted octanol–water partition coefficient (Wildman–Crippen LogP) is 5.65. The standard InChI is InChI=1S/C16H16BrCl/c1-12(11-14-9-5-6-10-15(14)18)16(17)13-7-3-2-4-8-13/h2-10,12,16H,11H2,1H3. The Morgan fingerprint density at radius 3 is 2.28 bits per heavy atom. The summed E-state index contributed by atoms with van der Waals surface area (Å²) in [4.78, 5) is 0.356. The normalized spacial score (nSPS) is 14.2. The molecule has 0 aromatic heterocycles. The van der Waals surface area contributed by atoms with Crippen LogP contribution in [0.2, 0.25) is 5.02 Å². The van der Waals surface area contributed by atoms with E-state index in [1.807, 2.05) is 24.3 Å². The SMILES string of the molecule is CC(Cc1ccccc1Cl)C(Br)c1ccccc1. The molecule has 2 aromatic carbocycles. The molecule has 94 valence electrons. The Hall–Kier alpha value is -0.790. The van der Waals surface area contributed by atoms with E-state index < -0.39 is 0 Å². The van der Waals surface area contributed by atoms with Crippen LogP contribution in [0.15, 0.2) is 54.6 Å². The highest BCUT2D eigenvalue weighted by molar-refractivity contribution is 9.09. The van der Waals surface area contributed by atoms with Gasteiger partial charge in [0.25, 0.3) is 0 Å². The number of benzene rings is 2. The van der Waals surface area contributed by atoms with Gasteiger partial charge >= 0.3 is 0 Å². The van der Waals surface area contributed by atoms with E-state index >= 15 is 0 Å². The molecule has 0 N–H and O–H groups in total. The number of alkyl halides is 1. The second-order valence-electron chi connectivity index (χ2n) is 4.59. The van der Waals surface area contributed by atoms with E-state index in [9.17, 15) is 0 Å². The molecule has 0 saturated carbocycles. The van der Waals surface area contributed by atoms with Gasteiger partial charge in [-0.3, -0.25) is 0 Å². The van der Waals surface area contributed by atoms with Crippen molar-refractivity contribution >= 4 is 27.5 Å². The van der Waals surface area contributed by atoms with Gasteiger partial charge in [-0.05, 0) is 29.5 Å². The number of hydrogen-bond acceptors (Lipinski definition) is 0. The summed E-state index contributed by atoms with van der Waals surface area (Å²) in [6, 6.07) is 18.6. The molecule has 0 fully saturated rings. The first-order valence-electron chi connectivity index (χ1n) is 6.11. The van der Waals surface area contributed by atoms with Crippen molar-refractivity contribution in [2.45, 2.75) is 18.2 Å². The molecular formula is C16H16BrCl. The first kappa shape index (κ1) is 13.6. The van der Waals surface area contributed by atoms with Gasteiger partial charge in [-0.2, -0.15) is 0 Å². The highest BCUT2D eigenvalue weighted by atomic mass is 79.9. The fraction of sp³-hybridized carbons (Fsp3) is 0.250. The van der Waals surface area contributed by atoms with Crippen LogP contribution < -0.4 is 0 Å². The molecule has 2 rings (SSSR count). The van der Waals surface area contributed by atoms with E-state index in [4.69, 9.17) is 11.6 Å². The Balaban J connectivity index is 2.09. The van der Waals surface area contributed by atoms with Crippen LogP contribution in [0.4, 0.5) is 0 Å². The summed E-state index contributed by atoms with van der Waals surface area (Å²) in [5, 5.41) is 0.858. The molecule has 0 saturated heterocycles. The molecule has 0 heterocycles. The van der Waals surface area contributed by atoms with Gasteiger partial charge in [0.05, 0.1) is 0 Å². The van der Waals surface area contributed by atoms with E-state index in [-0.39, 0.29) is 0 Å². The summed E-state index contributed by atoms with van der Waals surface area (Å²) in [6.45, 7) is 2.25. The smallest absolute Gasteiger partial charge is 0.0438 e. The van der Waals surface area contributed by atoms with Crippen molar-refractivity contribution in [3.8, 4) is 0 Å². The minimum Gasteiger partial charge on any atom is -0.0840 e. The molecule has 0 aliphatic carbocycles. The molecule has 18 heavy (non-hydrogen) atoms. The van der Waals surface area contributed by atoms with Gasteiger partial charge < -0.3 is 0 Å². The van der Waals surface area contributed by atoms with E-state index in [0.29, 0.717) is 10.7 Å². The van der Waals surface area contributed by atoms with Crippen molar-refractivity contribution in [2.24, 2.45) is 5.92 Å². The van der Waals surface area contributed by atoms with Crippen molar-refractivity contribution in [1.29, 1.82) is 0 Å². The van der Waals surface area contributed by atoms with E-state index in [1.54, 1.807) is 0 Å². The van der Waals surface area contributed by atoms with Gasteiger partial charge in [-0.15, -0.1) is 0 Å². The summed E-state index contributed by atoms with van der Waals surface area (Å²) in [5.74, 6) is 0.493. The average Bonchev–Trinajstić information content (AvgIpc) is 2.41. The van der Waals surface area contributed by atoms with Gasteiger partial charge in [0.1, 0.15) is 0 Å². The van der Waals surface area contributed by atoms with Crippen LogP contribution in [0.3, 0.4) is 0 Å². The lowest BCUT2D eigenvalue weighted by Gasteiger charge is -2.19. The van der Waals surface area contributed by atoms with Crippen molar-refractivity contribution in [1.82, 2.24) is 0 Å². The van der Waals surface area contributed by atoms with Crippen LogP contribution >= 0.6 is 27.5 Å². The molecule has 0 aliphatic heterocycles. The first-order valence-corrected chi connectivity index (χ1v) is 7.40. The van der Waals surface area contributed by atoms with Gasteiger partial charge in [0.2, 0.25) is 0 Å². The minimum absolute atomic E-state index is 0.356. The van der Waals surface area contributed by atoms with Crippen LogP contribution in [0, 0.1) is 5.92 Å². The second kappa shape index (κ2) is 6.40. The monoisotopic (exact) mass is 322 g/mol. The Morgan fingerprint density at radius 2 is 1.61 bits per heavy atom. The maximum absolute atomic E-state index is 6.20. The Labute approximate surface area is 122 Å². The van der Waals surface area contributed by atoms with Crippen LogP contribution in [0.5, 0.6) is 0 Å². The van der Waals surface area contributed by atoms with E-state index in [0.717, 1.165) is 11.4 Å². The van der Waals surface area contributed by atoms with Crippen LogP contribution in [0.25, 0.3) is 0 Å². The zero-order chi connectivity index (χ0) is 13.0. The molecule has 0 radical (unpaired) electrons. The maximum Gasteiger partial charge on any atom is 0.0438 e. The quantitative estimate of drug-likeness (QED) is 0.637. The number of hydrogen-bond donors (Lipinski definition) is 0. The molecular weight excluding hydrogens is 308 g/mol. The van der Waals surface area contributed by atoms with Gasteiger partial charge in [-0.1, -0.05) is 83.0 Å². The van der Waals surface area contributed by atoms with Crippen LogP contribution in [-0.4, -0.2) is 0 Å². The van der Waals surface area contributed by atoms with Crippen LogP contribution in [0.1, 0.15) is 22.9 Å². The van der Waals surface area contributed by atoms with Gasteiger partial charge in [0, 0.05) is 9.85 Å². The number of halogens is 2. The molecule has 2 heteroatoms. The maximum atomic E-state index is 6.20. The topological polar surface area (TPSA) is 0 Å². The lowest BCUT2D eigenvalue weighted by molar-refractivity contribution is 0.572. The first-order chi connectivity index (χ1) is 8.68. The Kier molecular flexibility index (Phi) is 4.85. The van der Waals surface area contributed by atoms with Crippen molar-refractivity contribution in [3.63, 3.8) is 0 Å². The average molecular weight is 324 g/mol. The second-order valence-corrected chi connectivity index (χ2v) is 5.98. The molecule has 0 aliphatic rings. The van der Waals surface area contributed by atoms with Crippen molar-refractivity contribution in [3.05, 3.63) is 70.7 Å². The fourth-order valence-electron chi connectivity index (χ4n) is 2.08. The van der Waals surface area contributed by atoms with Crippen LogP contribution in [-0.2, 0) is 6.42 Å². The van der Waals surface area contributed by atoms with Gasteiger partial charge in [-0.25, -0.2) is 0 Å². The molecule has 0 amide bonds. The minimum atomic E-state index is 0.356. The third-order valence-corrected chi connectivity index (χ3v) is 4.92. The number of rotatable bonds is 4. The third kappa shape index (κ3) is 3.37. The summed E-state index contributed by atoms with van der Waals surface area (Å²) in [7, 11) is 0. The molecule has 2 aromatic rings. The Morgan fingerprint density at radius 1 is 1.00 bits per heavy atom. The lowest BCUT2D eigenvalue weighted by atomic mass is 9.94. The summed E-state index contributed by atoms with van der Waals surface area (Å²) in [5.41, 5.74) is 2.53. The molecule has 2 atom stereocenters. The predicted molar refractivity (Wildman–Crippen MR) is 82.4 cm³/mol. The molecule has 0 bridgehead atoms. The molecule has 0 nitrogen and oxygen atoms in total. The largest absolute Gasteiger partial charge is 0.0840 e. The highest BCUT2D eigenvalue weighted by Gasteiger charge is 2.17. The third-order valence-electron chi connectivity index (χ3n) is 3.12. The lowest BCUT2D eigenvalue weighted by Crippen LogP contribution is -2.07.